The molecule has 7 nitrogen and oxygen atoms in total. The molecule has 0 saturated carbocycles. The lowest BCUT2D eigenvalue weighted by Gasteiger charge is -2.42. The minimum atomic E-state index is -0.974. The van der Waals surface area contributed by atoms with Crippen LogP contribution >= 0.6 is 23.1 Å². The van der Waals surface area contributed by atoms with Gasteiger partial charge in [-0.1, -0.05) is 32.4 Å². The van der Waals surface area contributed by atoms with Gasteiger partial charge in [0.15, 0.2) is 0 Å². The highest BCUT2D eigenvalue weighted by Gasteiger charge is 2.42. The third-order valence-corrected chi connectivity index (χ3v) is 7.08. The molecule has 1 N–H and O–H groups in total. The van der Waals surface area contributed by atoms with Crippen molar-refractivity contribution in [2.24, 2.45) is 10.4 Å². The van der Waals surface area contributed by atoms with Crippen LogP contribution in [0.5, 0.6) is 5.75 Å². The van der Waals surface area contributed by atoms with Crippen molar-refractivity contribution in [3.63, 3.8) is 0 Å². The highest BCUT2D eigenvalue weighted by atomic mass is 35.5. The van der Waals surface area contributed by atoms with E-state index in [0.717, 1.165) is 11.3 Å². The van der Waals surface area contributed by atoms with E-state index in [1.165, 1.54) is 29.6 Å². The van der Waals surface area contributed by atoms with Crippen molar-refractivity contribution in [3.05, 3.63) is 44.7 Å². The number of aromatic nitrogens is 1. The summed E-state index contributed by atoms with van der Waals surface area (Å²) < 4.78 is 8.00. The van der Waals surface area contributed by atoms with Crippen LogP contribution < -0.4 is 9.41 Å². The highest BCUT2D eigenvalue weighted by molar-refractivity contribution is 7.04. The molecule has 1 unspecified atom stereocenters. The van der Waals surface area contributed by atoms with E-state index in [4.69, 9.17) is 16.3 Å². The number of carbonyl (C=O) groups excluding carboxylic acids is 1. The predicted molar refractivity (Wildman–Crippen MR) is 126 cm³/mol. The van der Waals surface area contributed by atoms with Crippen molar-refractivity contribution in [1.29, 1.82) is 0 Å². The van der Waals surface area contributed by atoms with Gasteiger partial charge in [-0.3, -0.25) is 8.75 Å². The molecule has 1 aromatic carbocycles. The summed E-state index contributed by atoms with van der Waals surface area (Å²) in [5.74, 6) is -0.0913. The number of benzene rings is 1. The van der Waals surface area contributed by atoms with Gasteiger partial charge in [-0.05, 0) is 55.9 Å². The molecular formula is C23H30ClN3O4S. The number of halogens is 1. The van der Waals surface area contributed by atoms with E-state index in [0.29, 0.717) is 28.4 Å². The fraction of sp³-hybridized carbons (Fsp3) is 0.522. The summed E-state index contributed by atoms with van der Waals surface area (Å²) >= 11 is 7.51. The summed E-state index contributed by atoms with van der Waals surface area (Å²) in [5.41, 5.74) is 1.46. The first-order valence-corrected chi connectivity index (χ1v) is 11.6. The Morgan fingerprint density at radius 3 is 2.41 bits per heavy atom. The summed E-state index contributed by atoms with van der Waals surface area (Å²) in [6.45, 7) is 12.7. The molecule has 9 heteroatoms. The quantitative estimate of drug-likeness (QED) is 0.630. The molecule has 1 atom stereocenters. The predicted octanol–water partition coefficient (Wildman–Crippen LogP) is 5.33. The smallest absolute Gasteiger partial charge is 0.407 e. The van der Waals surface area contributed by atoms with E-state index in [9.17, 15) is 14.7 Å². The van der Waals surface area contributed by atoms with Crippen molar-refractivity contribution >= 4 is 35.1 Å². The first-order valence-electron chi connectivity index (χ1n) is 10.4. The Morgan fingerprint density at radius 2 is 1.88 bits per heavy atom. The van der Waals surface area contributed by atoms with Crippen LogP contribution in [-0.4, -0.2) is 39.6 Å². The van der Waals surface area contributed by atoms with E-state index in [-0.39, 0.29) is 11.1 Å². The first-order chi connectivity index (χ1) is 14.8. The van der Waals surface area contributed by atoms with Gasteiger partial charge in [-0.25, -0.2) is 4.79 Å². The minimum absolute atomic E-state index is 0.243. The van der Waals surface area contributed by atoms with Crippen LogP contribution in [0.3, 0.4) is 0 Å². The van der Waals surface area contributed by atoms with Gasteiger partial charge in [-0.2, -0.15) is 4.99 Å². The van der Waals surface area contributed by atoms with Gasteiger partial charge >= 0.3 is 6.09 Å². The number of nitrogens with zero attached hydrogens (tertiary/aromatic N) is 3. The number of rotatable bonds is 2. The maximum Gasteiger partial charge on any atom is 0.407 e. The van der Waals surface area contributed by atoms with Crippen LogP contribution in [-0.2, 0) is 12.0 Å². The molecule has 2 amide bonds. The van der Waals surface area contributed by atoms with E-state index in [1.54, 1.807) is 12.1 Å². The van der Waals surface area contributed by atoms with Gasteiger partial charge in [0.05, 0.1) is 18.7 Å². The zero-order chi connectivity index (χ0) is 24.0. The summed E-state index contributed by atoms with van der Waals surface area (Å²) in [6, 6.07) is 4.39. The zero-order valence-corrected chi connectivity index (χ0v) is 21.1. The lowest BCUT2D eigenvalue weighted by molar-refractivity contribution is 0.0741. The summed E-state index contributed by atoms with van der Waals surface area (Å²) in [6.07, 6.45) is -0.413. The number of hydrogen-bond acceptors (Lipinski definition) is 4. The molecule has 2 heterocycles. The third-order valence-electron chi connectivity index (χ3n) is 5.41. The monoisotopic (exact) mass is 479 g/mol. The fourth-order valence-corrected chi connectivity index (χ4v) is 5.54. The van der Waals surface area contributed by atoms with Gasteiger partial charge in [0, 0.05) is 34.8 Å². The Balaban J connectivity index is 2.31. The van der Waals surface area contributed by atoms with Crippen LogP contribution in [0.25, 0.3) is 0 Å². The van der Waals surface area contributed by atoms with Crippen LogP contribution in [0.4, 0.5) is 4.79 Å². The number of methoxy groups -OCH3 is 1. The maximum absolute atomic E-state index is 13.2. The number of carbonyl (C=O) groups is 2. The second-order valence-corrected chi connectivity index (χ2v) is 11.3. The minimum Gasteiger partial charge on any atom is -0.496 e. The van der Waals surface area contributed by atoms with Crippen molar-refractivity contribution in [2.75, 3.05) is 13.7 Å². The summed E-state index contributed by atoms with van der Waals surface area (Å²) in [5, 5.41) is 10.3. The normalized spacial score (nSPS) is 17.3. The Bertz CT molecular complexity index is 1120. The fourth-order valence-electron chi connectivity index (χ4n) is 4.17. The van der Waals surface area contributed by atoms with Gasteiger partial charge < -0.3 is 14.7 Å². The van der Waals surface area contributed by atoms with Crippen LogP contribution in [0.2, 0.25) is 5.02 Å². The van der Waals surface area contributed by atoms with Crippen molar-refractivity contribution in [1.82, 2.24) is 8.86 Å². The molecular weight excluding hydrogens is 450 g/mol. The standard InChI is InChI=1S/C23H30ClN3O4S/c1-22(2,3)18-17-15(10-11-26(18)21(29)30)27(23(4,5)6)32-20(17)25-19(28)14-12-13(24)8-9-16(14)31-7/h8-9,12,18H,10-11H2,1-7H3,(H,29,30). The van der Waals surface area contributed by atoms with Gasteiger partial charge in [-0.15, -0.1) is 0 Å². The van der Waals surface area contributed by atoms with Gasteiger partial charge in [0.2, 0.25) is 0 Å². The third kappa shape index (κ3) is 4.57. The van der Waals surface area contributed by atoms with E-state index in [1.807, 2.05) is 20.8 Å². The van der Waals surface area contributed by atoms with E-state index >= 15 is 0 Å². The molecule has 1 aliphatic rings. The molecule has 1 aromatic heterocycles. The maximum atomic E-state index is 13.2. The average molecular weight is 480 g/mol. The van der Waals surface area contributed by atoms with Crippen LogP contribution in [0.1, 0.15) is 69.2 Å². The molecule has 0 spiro atoms. The zero-order valence-electron chi connectivity index (χ0n) is 19.5. The Hall–Kier alpha value is -2.32. The van der Waals surface area contributed by atoms with Crippen molar-refractivity contribution < 1.29 is 19.4 Å². The molecule has 2 aromatic rings. The Morgan fingerprint density at radius 1 is 1.22 bits per heavy atom. The second-order valence-electron chi connectivity index (χ2n) is 9.98. The second kappa shape index (κ2) is 8.56. The summed E-state index contributed by atoms with van der Waals surface area (Å²) in [4.78, 5) is 31.3. The van der Waals surface area contributed by atoms with Crippen molar-refractivity contribution in [3.8, 4) is 5.75 Å². The molecule has 0 radical (unpaired) electrons. The van der Waals surface area contributed by atoms with Gasteiger partial charge in [0.1, 0.15) is 10.4 Å². The number of fused-ring (bicyclic) bond motifs is 1. The lowest BCUT2D eigenvalue weighted by atomic mass is 9.79. The molecule has 0 fully saturated rings. The van der Waals surface area contributed by atoms with E-state index in [2.05, 4.69) is 29.7 Å². The van der Waals surface area contributed by atoms with Crippen LogP contribution in [0.15, 0.2) is 23.2 Å². The highest BCUT2D eigenvalue weighted by Crippen LogP contribution is 2.43. The first kappa shape index (κ1) is 24.3. The molecule has 0 saturated heterocycles. The number of hydrogen-bond donors (Lipinski definition) is 1. The number of amides is 2. The SMILES string of the molecule is COc1ccc(Cl)cc1C(=O)N=c1sn(C(C)(C)C)c2c1C(C(C)(C)C)N(C(=O)O)CC2. The molecule has 3 rings (SSSR count). The molecule has 0 aliphatic carbocycles. The molecule has 0 bridgehead atoms. The number of carboxylic acid groups (broad SMARTS) is 1. The topological polar surface area (TPSA) is 84.1 Å². The van der Waals surface area contributed by atoms with Gasteiger partial charge in [0.25, 0.3) is 5.91 Å². The number of ether oxygens (including phenoxy) is 1. The van der Waals surface area contributed by atoms with Crippen LogP contribution in [0, 0.1) is 5.41 Å². The lowest BCUT2D eigenvalue weighted by Crippen LogP contribution is -2.46. The summed E-state index contributed by atoms with van der Waals surface area (Å²) in [7, 11) is 1.49. The van der Waals surface area contributed by atoms with E-state index < -0.39 is 23.5 Å². The molecule has 174 valence electrons. The largest absolute Gasteiger partial charge is 0.496 e. The molecule has 32 heavy (non-hydrogen) atoms. The Labute approximate surface area is 197 Å². The Kier molecular flexibility index (Phi) is 6.50. The van der Waals surface area contributed by atoms with Crippen molar-refractivity contribution in [2.45, 2.75) is 59.5 Å². The average Bonchev–Trinajstić information content (AvgIpc) is 3.05. The molecule has 1 aliphatic heterocycles.